The first-order valence-electron chi connectivity index (χ1n) is 7.49. The van der Waals surface area contributed by atoms with Crippen molar-refractivity contribution in [2.75, 3.05) is 32.6 Å². The van der Waals surface area contributed by atoms with Crippen LogP contribution in [0.25, 0.3) is 0 Å². The topological polar surface area (TPSA) is 97.9 Å². The molecule has 0 saturated carbocycles. The molecule has 0 aliphatic rings. The second kappa shape index (κ2) is 8.85. The molecule has 0 fully saturated rings. The van der Waals surface area contributed by atoms with Gasteiger partial charge in [-0.15, -0.1) is 0 Å². The Bertz CT molecular complexity index is 569. The monoisotopic (exact) mass is 339 g/mol. The highest BCUT2D eigenvalue weighted by Crippen LogP contribution is 2.28. The predicted molar refractivity (Wildman–Crippen MR) is 90.8 cm³/mol. The van der Waals surface area contributed by atoms with E-state index in [-0.39, 0.29) is 13.1 Å². The molecule has 0 unspecified atom stereocenters. The van der Waals surface area contributed by atoms with Crippen molar-refractivity contribution in [1.29, 1.82) is 0 Å². The molecule has 1 aromatic carbocycles. The van der Waals surface area contributed by atoms with E-state index in [0.717, 1.165) is 0 Å². The Labute approximate surface area is 141 Å². The van der Waals surface area contributed by atoms with Crippen LogP contribution >= 0.6 is 0 Å². The number of benzene rings is 1. The van der Waals surface area contributed by atoms with Crippen molar-refractivity contribution in [3.63, 3.8) is 0 Å². The average molecular weight is 339 g/mol. The number of carbonyl (C=O) groups is 2. The van der Waals surface area contributed by atoms with Gasteiger partial charge in [-0.2, -0.15) is 0 Å². The molecule has 1 rings (SSSR count). The van der Waals surface area contributed by atoms with Crippen LogP contribution in [0.3, 0.4) is 0 Å². The molecule has 0 heterocycles. The molecule has 1 aromatic rings. The number of ether oxygens (including phenoxy) is 3. The van der Waals surface area contributed by atoms with Crippen molar-refractivity contribution in [2.45, 2.75) is 26.4 Å². The second-order valence-corrected chi connectivity index (χ2v) is 5.88. The third-order valence-corrected chi connectivity index (χ3v) is 2.73. The van der Waals surface area contributed by atoms with Gasteiger partial charge in [0.25, 0.3) is 0 Å². The summed E-state index contributed by atoms with van der Waals surface area (Å²) in [5.74, 6) is 1.11. The van der Waals surface area contributed by atoms with Crippen LogP contribution in [-0.2, 0) is 4.74 Å². The fourth-order valence-electron chi connectivity index (χ4n) is 1.73. The Balaban J connectivity index is 2.41. The summed E-state index contributed by atoms with van der Waals surface area (Å²) in [6.07, 6.45) is -0.529. The number of alkyl carbamates (subject to hydrolysis) is 1. The molecule has 0 saturated heterocycles. The molecular formula is C16H25N3O5. The molecule has 8 nitrogen and oxygen atoms in total. The molecule has 24 heavy (non-hydrogen) atoms. The van der Waals surface area contributed by atoms with E-state index in [1.165, 1.54) is 14.2 Å². The molecule has 0 bridgehead atoms. The summed E-state index contributed by atoms with van der Waals surface area (Å²) in [5, 5.41) is 7.84. The maximum absolute atomic E-state index is 11.9. The van der Waals surface area contributed by atoms with Gasteiger partial charge in [0.2, 0.25) is 0 Å². The molecular weight excluding hydrogens is 314 g/mol. The third-order valence-electron chi connectivity index (χ3n) is 2.73. The summed E-state index contributed by atoms with van der Waals surface area (Å²) >= 11 is 0. The van der Waals surface area contributed by atoms with Crippen LogP contribution in [0.5, 0.6) is 11.5 Å². The maximum Gasteiger partial charge on any atom is 0.407 e. The molecule has 134 valence electrons. The van der Waals surface area contributed by atoms with Crippen molar-refractivity contribution in [3.05, 3.63) is 18.2 Å². The Morgan fingerprint density at radius 1 is 1.04 bits per heavy atom. The van der Waals surface area contributed by atoms with Crippen molar-refractivity contribution < 1.29 is 23.8 Å². The van der Waals surface area contributed by atoms with Gasteiger partial charge in [0.1, 0.15) is 17.1 Å². The van der Waals surface area contributed by atoms with E-state index in [0.29, 0.717) is 17.2 Å². The number of carbonyl (C=O) groups excluding carboxylic acids is 2. The van der Waals surface area contributed by atoms with Crippen LogP contribution in [0.4, 0.5) is 15.3 Å². The van der Waals surface area contributed by atoms with Crippen LogP contribution in [-0.4, -0.2) is 45.0 Å². The van der Waals surface area contributed by atoms with Crippen molar-refractivity contribution >= 4 is 17.8 Å². The molecule has 0 radical (unpaired) electrons. The van der Waals surface area contributed by atoms with E-state index >= 15 is 0 Å². The predicted octanol–water partition coefficient (Wildman–Crippen LogP) is 2.35. The van der Waals surface area contributed by atoms with E-state index in [9.17, 15) is 9.59 Å². The number of nitrogens with one attached hydrogen (secondary N) is 3. The van der Waals surface area contributed by atoms with Gasteiger partial charge in [0, 0.05) is 19.2 Å². The minimum absolute atomic E-state index is 0.247. The van der Waals surface area contributed by atoms with Gasteiger partial charge in [-0.3, -0.25) is 0 Å². The maximum atomic E-state index is 11.9. The Morgan fingerprint density at radius 2 is 1.71 bits per heavy atom. The number of amides is 3. The van der Waals surface area contributed by atoms with Gasteiger partial charge in [0.15, 0.2) is 0 Å². The first-order chi connectivity index (χ1) is 11.2. The van der Waals surface area contributed by atoms with Gasteiger partial charge < -0.3 is 30.2 Å². The average Bonchev–Trinajstić information content (AvgIpc) is 2.49. The minimum Gasteiger partial charge on any atom is -0.497 e. The lowest BCUT2D eigenvalue weighted by molar-refractivity contribution is 0.0528. The standard InChI is InChI=1S/C16H25N3O5/c1-16(2,3)24-15(21)18-9-8-17-14(20)19-12-10-11(22-4)6-7-13(12)23-5/h6-7,10H,8-9H2,1-5H3,(H,18,21)(H2,17,19,20). The molecule has 3 N–H and O–H groups in total. The normalized spacial score (nSPS) is 10.5. The third kappa shape index (κ3) is 7.08. The smallest absolute Gasteiger partial charge is 0.407 e. The van der Waals surface area contributed by atoms with Gasteiger partial charge in [-0.1, -0.05) is 0 Å². The lowest BCUT2D eigenvalue weighted by atomic mass is 10.2. The summed E-state index contributed by atoms with van der Waals surface area (Å²) in [7, 11) is 3.05. The number of methoxy groups -OCH3 is 2. The largest absolute Gasteiger partial charge is 0.497 e. The summed E-state index contributed by atoms with van der Waals surface area (Å²) in [6, 6.07) is 4.65. The molecule has 0 aliphatic carbocycles. The van der Waals surface area contributed by atoms with Gasteiger partial charge >= 0.3 is 12.1 Å². The minimum atomic E-state index is -0.558. The highest BCUT2D eigenvalue weighted by atomic mass is 16.6. The molecule has 0 aliphatic heterocycles. The fourth-order valence-corrected chi connectivity index (χ4v) is 1.73. The highest BCUT2D eigenvalue weighted by Gasteiger charge is 2.15. The zero-order valence-electron chi connectivity index (χ0n) is 14.7. The number of anilines is 1. The Hall–Kier alpha value is -2.64. The molecule has 0 aromatic heterocycles. The fraction of sp³-hybridized carbons (Fsp3) is 0.500. The second-order valence-electron chi connectivity index (χ2n) is 5.88. The zero-order chi connectivity index (χ0) is 18.2. The number of hydrogen-bond acceptors (Lipinski definition) is 5. The van der Waals surface area contributed by atoms with Crippen LogP contribution in [0, 0.1) is 0 Å². The van der Waals surface area contributed by atoms with E-state index in [1.807, 2.05) is 0 Å². The number of rotatable bonds is 6. The van der Waals surface area contributed by atoms with Crippen molar-refractivity contribution in [2.24, 2.45) is 0 Å². The zero-order valence-corrected chi connectivity index (χ0v) is 14.7. The summed E-state index contributed by atoms with van der Waals surface area (Å²) < 4.78 is 15.4. The van der Waals surface area contributed by atoms with E-state index in [2.05, 4.69) is 16.0 Å². The van der Waals surface area contributed by atoms with E-state index < -0.39 is 17.7 Å². The summed E-state index contributed by atoms with van der Waals surface area (Å²) in [5.41, 5.74) is -0.0768. The lowest BCUT2D eigenvalue weighted by Gasteiger charge is -2.19. The Kier molecular flexibility index (Phi) is 7.16. The summed E-state index contributed by atoms with van der Waals surface area (Å²) in [4.78, 5) is 23.3. The lowest BCUT2D eigenvalue weighted by Crippen LogP contribution is -2.39. The van der Waals surface area contributed by atoms with E-state index in [1.54, 1.807) is 39.0 Å². The molecule has 0 atom stereocenters. The Morgan fingerprint density at radius 3 is 2.29 bits per heavy atom. The quantitative estimate of drug-likeness (QED) is 0.691. The van der Waals surface area contributed by atoms with Crippen LogP contribution < -0.4 is 25.4 Å². The van der Waals surface area contributed by atoms with Crippen LogP contribution in [0.2, 0.25) is 0 Å². The van der Waals surface area contributed by atoms with E-state index in [4.69, 9.17) is 14.2 Å². The number of hydrogen-bond donors (Lipinski definition) is 3. The molecule has 8 heteroatoms. The first-order valence-corrected chi connectivity index (χ1v) is 7.49. The first kappa shape index (κ1) is 19.4. The van der Waals surface area contributed by atoms with Gasteiger partial charge in [0.05, 0.1) is 19.9 Å². The molecule has 0 spiro atoms. The highest BCUT2D eigenvalue weighted by molar-refractivity contribution is 5.91. The van der Waals surface area contributed by atoms with Gasteiger partial charge in [-0.05, 0) is 32.9 Å². The van der Waals surface area contributed by atoms with Crippen LogP contribution in [0.1, 0.15) is 20.8 Å². The SMILES string of the molecule is COc1ccc(OC)c(NC(=O)NCCNC(=O)OC(C)(C)C)c1. The van der Waals surface area contributed by atoms with Gasteiger partial charge in [-0.25, -0.2) is 9.59 Å². The van der Waals surface area contributed by atoms with Crippen molar-refractivity contribution in [1.82, 2.24) is 10.6 Å². The number of urea groups is 1. The van der Waals surface area contributed by atoms with Crippen LogP contribution in [0.15, 0.2) is 18.2 Å². The summed E-state index contributed by atoms with van der Waals surface area (Å²) in [6.45, 7) is 5.83. The molecule has 3 amide bonds. The van der Waals surface area contributed by atoms with Crippen molar-refractivity contribution in [3.8, 4) is 11.5 Å².